The fraction of sp³-hybridized carbons (Fsp3) is 0.316. The summed E-state index contributed by atoms with van der Waals surface area (Å²) in [7, 11) is 4.04. The molecular weight excluding hydrogens is 288 g/mol. The summed E-state index contributed by atoms with van der Waals surface area (Å²) in [6, 6.07) is 17.3. The molecule has 2 aromatic rings. The van der Waals surface area contributed by atoms with Crippen LogP contribution in [0.3, 0.4) is 0 Å². The van der Waals surface area contributed by atoms with E-state index in [1.807, 2.05) is 62.6 Å². The van der Waals surface area contributed by atoms with Crippen molar-refractivity contribution in [3.05, 3.63) is 71.3 Å². The second-order valence-corrected chi connectivity index (χ2v) is 5.91. The van der Waals surface area contributed by atoms with Gasteiger partial charge in [-0.2, -0.15) is 0 Å². The highest BCUT2D eigenvalue weighted by Crippen LogP contribution is 2.16. The monoisotopic (exact) mass is 312 g/mol. The van der Waals surface area contributed by atoms with E-state index < -0.39 is 6.10 Å². The molecule has 0 aliphatic rings. The fourth-order valence-corrected chi connectivity index (χ4v) is 2.46. The minimum Gasteiger partial charge on any atom is -0.388 e. The van der Waals surface area contributed by atoms with Gasteiger partial charge in [0, 0.05) is 13.1 Å². The van der Waals surface area contributed by atoms with Gasteiger partial charge in [-0.1, -0.05) is 54.6 Å². The smallest absolute Gasteiger partial charge is 0.223 e. The second-order valence-electron chi connectivity index (χ2n) is 5.91. The first-order chi connectivity index (χ1) is 11.1. The molecule has 4 heteroatoms. The van der Waals surface area contributed by atoms with Crippen LogP contribution in [0.2, 0.25) is 0 Å². The van der Waals surface area contributed by atoms with Gasteiger partial charge in [0.2, 0.25) is 5.91 Å². The third-order valence-corrected chi connectivity index (χ3v) is 3.64. The van der Waals surface area contributed by atoms with Crippen molar-refractivity contribution >= 4 is 5.91 Å². The van der Waals surface area contributed by atoms with Gasteiger partial charge < -0.3 is 15.3 Å². The molecule has 0 heterocycles. The Morgan fingerprint density at radius 1 is 1.04 bits per heavy atom. The van der Waals surface area contributed by atoms with Crippen molar-refractivity contribution in [3.63, 3.8) is 0 Å². The molecule has 1 amide bonds. The molecule has 2 aromatic carbocycles. The van der Waals surface area contributed by atoms with E-state index in [-0.39, 0.29) is 12.3 Å². The Labute approximate surface area is 137 Å². The van der Waals surface area contributed by atoms with E-state index in [9.17, 15) is 9.90 Å². The van der Waals surface area contributed by atoms with Crippen molar-refractivity contribution in [1.29, 1.82) is 0 Å². The summed E-state index contributed by atoms with van der Waals surface area (Å²) in [4.78, 5) is 14.1. The molecule has 23 heavy (non-hydrogen) atoms. The third-order valence-electron chi connectivity index (χ3n) is 3.64. The Morgan fingerprint density at radius 3 is 2.30 bits per heavy atom. The normalized spacial score (nSPS) is 12.2. The van der Waals surface area contributed by atoms with Gasteiger partial charge in [-0.25, -0.2) is 0 Å². The number of carbonyl (C=O) groups is 1. The summed E-state index contributed by atoms with van der Waals surface area (Å²) < 4.78 is 0. The number of amides is 1. The molecule has 2 rings (SSSR count). The van der Waals surface area contributed by atoms with E-state index in [0.717, 1.165) is 17.7 Å². The van der Waals surface area contributed by atoms with Crippen molar-refractivity contribution < 1.29 is 9.90 Å². The van der Waals surface area contributed by atoms with Crippen LogP contribution in [-0.2, 0) is 17.9 Å². The van der Waals surface area contributed by atoms with Crippen LogP contribution in [0.4, 0.5) is 0 Å². The lowest BCUT2D eigenvalue weighted by atomic mass is 10.1. The number of nitrogens with zero attached hydrogens (tertiary/aromatic N) is 1. The lowest BCUT2D eigenvalue weighted by Crippen LogP contribution is -2.25. The van der Waals surface area contributed by atoms with Gasteiger partial charge in [0.05, 0.1) is 12.5 Å². The summed E-state index contributed by atoms with van der Waals surface area (Å²) in [5, 5.41) is 13.0. The van der Waals surface area contributed by atoms with Crippen LogP contribution in [0.25, 0.3) is 0 Å². The van der Waals surface area contributed by atoms with Crippen LogP contribution in [-0.4, -0.2) is 30.0 Å². The fourth-order valence-electron chi connectivity index (χ4n) is 2.46. The van der Waals surface area contributed by atoms with E-state index in [1.165, 1.54) is 5.56 Å². The SMILES string of the molecule is CN(C)Cc1ccccc1CNC(=O)CC(O)c1ccccc1. The van der Waals surface area contributed by atoms with E-state index in [4.69, 9.17) is 0 Å². The van der Waals surface area contributed by atoms with E-state index >= 15 is 0 Å². The Morgan fingerprint density at radius 2 is 1.65 bits per heavy atom. The van der Waals surface area contributed by atoms with Crippen molar-refractivity contribution in [2.24, 2.45) is 0 Å². The maximum atomic E-state index is 12.1. The number of hydrogen-bond acceptors (Lipinski definition) is 3. The molecule has 0 fully saturated rings. The zero-order valence-corrected chi connectivity index (χ0v) is 13.7. The maximum absolute atomic E-state index is 12.1. The zero-order chi connectivity index (χ0) is 16.7. The van der Waals surface area contributed by atoms with Gasteiger partial charge in [0.1, 0.15) is 0 Å². The molecule has 1 unspecified atom stereocenters. The predicted molar refractivity (Wildman–Crippen MR) is 91.7 cm³/mol. The lowest BCUT2D eigenvalue weighted by Gasteiger charge is -2.15. The van der Waals surface area contributed by atoms with Crippen LogP contribution in [0.15, 0.2) is 54.6 Å². The molecule has 0 saturated heterocycles. The minimum atomic E-state index is -0.770. The van der Waals surface area contributed by atoms with Crippen molar-refractivity contribution in [1.82, 2.24) is 10.2 Å². The molecule has 1 atom stereocenters. The summed E-state index contributed by atoms with van der Waals surface area (Å²) >= 11 is 0. The molecule has 0 aliphatic heterocycles. The number of aliphatic hydroxyl groups excluding tert-OH is 1. The van der Waals surface area contributed by atoms with Gasteiger partial charge in [0.25, 0.3) is 0 Å². The first kappa shape index (κ1) is 17.2. The topological polar surface area (TPSA) is 52.6 Å². The van der Waals surface area contributed by atoms with Crippen molar-refractivity contribution in [2.75, 3.05) is 14.1 Å². The lowest BCUT2D eigenvalue weighted by molar-refractivity contribution is -0.123. The Bertz CT molecular complexity index is 626. The van der Waals surface area contributed by atoms with Crippen LogP contribution < -0.4 is 5.32 Å². The molecule has 0 bridgehead atoms. The highest BCUT2D eigenvalue weighted by atomic mass is 16.3. The maximum Gasteiger partial charge on any atom is 0.223 e. The van der Waals surface area contributed by atoms with Crippen LogP contribution in [0, 0.1) is 0 Å². The minimum absolute atomic E-state index is 0.0693. The molecule has 4 nitrogen and oxygen atoms in total. The number of benzene rings is 2. The van der Waals surface area contributed by atoms with Gasteiger partial charge in [-0.05, 0) is 30.8 Å². The van der Waals surface area contributed by atoms with E-state index in [1.54, 1.807) is 0 Å². The van der Waals surface area contributed by atoms with E-state index in [0.29, 0.717) is 6.54 Å². The molecule has 122 valence electrons. The molecule has 0 saturated carbocycles. The van der Waals surface area contributed by atoms with Gasteiger partial charge in [-0.15, -0.1) is 0 Å². The average Bonchev–Trinajstić information content (AvgIpc) is 2.54. The van der Waals surface area contributed by atoms with Crippen LogP contribution in [0.5, 0.6) is 0 Å². The number of carbonyl (C=O) groups excluding carboxylic acids is 1. The number of hydrogen-bond donors (Lipinski definition) is 2. The largest absolute Gasteiger partial charge is 0.388 e. The van der Waals surface area contributed by atoms with Crippen LogP contribution >= 0.6 is 0 Å². The number of aliphatic hydroxyl groups is 1. The van der Waals surface area contributed by atoms with Gasteiger partial charge in [0.15, 0.2) is 0 Å². The zero-order valence-electron chi connectivity index (χ0n) is 13.7. The van der Waals surface area contributed by atoms with Crippen molar-refractivity contribution in [3.8, 4) is 0 Å². The molecule has 0 aliphatic carbocycles. The highest BCUT2D eigenvalue weighted by Gasteiger charge is 2.13. The van der Waals surface area contributed by atoms with Gasteiger partial charge >= 0.3 is 0 Å². The summed E-state index contributed by atoms with van der Waals surface area (Å²) in [5.41, 5.74) is 3.06. The first-order valence-corrected chi connectivity index (χ1v) is 7.77. The molecule has 0 radical (unpaired) electrons. The summed E-state index contributed by atoms with van der Waals surface area (Å²) in [6.45, 7) is 1.31. The second kappa shape index (κ2) is 8.46. The standard InChI is InChI=1S/C19H24N2O2/c1-21(2)14-17-11-7-6-10-16(17)13-20-19(23)12-18(22)15-8-4-3-5-9-15/h3-11,18,22H,12-14H2,1-2H3,(H,20,23). The first-order valence-electron chi connectivity index (χ1n) is 7.77. The third kappa shape index (κ3) is 5.51. The quantitative estimate of drug-likeness (QED) is 0.826. The Hall–Kier alpha value is -2.17. The number of nitrogens with one attached hydrogen (secondary N) is 1. The molecule has 0 aromatic heterocycles. The molecule has 0 spiro atoms. The van der Waals surface area contributed by atoms with E-state index in [2.05, 4.69) is 16.3 Å². The van der Waals surface area contributed by atoms with Crippen molar-refractivity contribution in [2.45, 2.75) is 25.6 Å². The summed E-state index contributed by atoms with van der Waals surface area (Å²) in [6.07, 6.45) is -0.701. The number of rotatable bonds is 7. The average molecular weight is 312 g/mol. The van der Waals surface area contributed by atoms with Crippen LogP contribution in [0.1, 0.15) is 29.2 Å². The predicted octanol–water partition coefficient (Wildman–Crippen LogP) is 2.49. The summed E-state index contributed by atoms with van der Waals surface area (Å²) in [5.74, 6) is -0.152. The Kier molecular flexibility index (Phi) is 6.32. The van der Waals surface area contributed by atoms with Gasteiger partial charge in [-0.3, -0.25) is 4.79 Å². The molecular formula is C19H24N2O2. The Balaban J connectivity index is 1.90. The highest BCUT2D eigenvalue weighted by molar-refractivity contribution is 5.76. The molecule has 2 N–H and O–H groups in total.